The van der Waals surface area contributed by atoms with Gasteiger partial charge in [0.2, 0.25) is 16.0 Å². The quantitative estimate of drug-likeness (QED) is 0.184. The molecule has 0 spiro atoms. The second kappa shape index (κ2) is 16.2. The molecule has 0 bridgehead atoms. The van der Waals surface area contributed by atoms with E-state index >= 15 is 0 Å². The van der Waals surface area contributed by atoms with Crippen molar-refractivity contribution in [2.75, 3.05) is 50.0 Å². The zero-order chi connectivity index (χ0) is 37.4. The number of benzene rings is 2. The lowest BCUT2D eigenvalue weighted by Crippen LogP contribution is -2.51. The summed E-state index contributed by atoms with van der Waals surface area (Å²) in [6.45, 7) is 10.8. The summed E-state index contributed by atoms with van der Waals surface area (Å²) in [7, 11) is -4.04. The molecule has 0 saturated carbocycles. The van der Waals surface area contributed by atoms with Crippen LogP contribution in [-0.4, -0.2) is 90.4 Å². The number of aromatic nitrogens is 2. The molecule has 0 unspecified atom stereocenters. The number of piperazine rings is 1. The van der Waals surface area contributed by atoms with E-state index in [4.69, 9.17) is 19.5 Å². The first kappa shape index (κ1) is 38.5. The average molecular weight is 724 g/mol. The van der Waals surface area contributed by atoms with Crippen LogP contribution >= 0.6 is 0 Å². The largest absolute Gasteiger partial charge is 0.508 e. The fourth-order valence-electron chi connectivity index (χ4n) is 4.72. The summed E-state index contributed by atoms with van der Waals surface area (Å²) in [4.78, 5) is 34.6. The third kappa shape index (κ3) is 11.1. The number of halogens is 1. The number of nitrogens with zero attached hydrogens (tertiary/aromatic N) is 5. The molecule has 14 nitrogen and oxygen atoms in total. The van der Waals surface area contributed by atoms with Gasteiger partial charge in [0.15, 0.2) is 0 Å². The maximum Gasteiger partial charge on any atom is 0.508 e. The molecular weight excluding hydrogens is 681 g/mol. The minimum atomic E-state index is -4.04. The van der Waals surface area contributed by atoms with Crippen molar-refractivity contribution in [1.82, 2.24) is 19.2 Å². The van der Waals surface area contributed by atoms with Crippen molar-refractivity contribution in [3.05, 3.63) is 71.3 Å². The molecule has 1 aliphatic heterocycles. The van der Waals surface area contributed by atoms with Gasteiger partial charge in [0.25, 0.3) is 0 Å². The first-order chi connectivity index (χ1) is 23.9. The van der Waals surface area contributed by atoms with Crippen LogP contribution in [0.3, 0.4) is 0 Å². The molecule has 2 heterocycles. The van der Waals surface area contributed by atoms with E-state index in [9.17, 15) is 22.4 Å². The van der Waals surface area contributed by atoms with Gasteiger partial charge in [-0.3, -0.25) is 0 Å². The summed E-state index contributed by atoms with van der Waals surface area (Å²) in [5, 5.41) is 15.1. The van der Waals surface area contributed by atoms with Crippen molar-refractivity contribution in [3.8, 4) is 6.07 Å². The molecule has 2 aromatic carbocycles. The highest BCUT2D eigenvalue weighted by molar-refractivity contribution is 7.89. The molecule has 1 aromatic heterocycles. The summed E-state index contributed by atoms with van der Waals surface area (Å²) in [5.74, 6) is -0.414. The lowest BCUT2D eigenvalue weighted by Gasteiger charge is -2.35. The second-order valence-electron chi connectivity index (χ2n) is 13.4. The minimum Gasteiger partial charge on any atom is -0.444 e. The van der Waals surface area contributed by atoms with Crippen molar-refractivity contribution >= 4 is 51.7 Å². The van der Waals surface area contributed by atoms with E-state index in [1.54, 1.807) is 71.9 Å². The number of carbonyl (C=O) groups excluding carboxylic acids is 2. The highest BCUT2D eigenvalue weighted by atomic mass is 32.2. The van der Waals surface area contributed by atoms with E-state index in [1.165, 1.54) is 39.8 Å². The number of hydrogen-bond donors (Lipinski definition) is 2. The molecule has 1 fully saturated rings. The Morgan fingerprint density at radius 3 is 2.27 bits per heavy atom. The molecule has 0 atom stereocenters. The Morgan fingerprint density at radius 1 is 0.980 bits per heavy atom. The Balaban J connectivity index is 1.50. The van der Waals surface area contributed by atoms with E-state index in [1.807, 2.05) is 6.07 Å². The second-order valence-corrected chi connectivity index (χ2v) is 15.3. The van der Waals surface area contributed by atoms with Gasteiger partial charge in [-0.1, -0.05) is 24.3 Å². The lowest BCUT2D eigenvalue weighted by molar-refractivity contribution is -0.00551. The van der Waals surface area contributed by atoms with Crippen LogP contribution in [-0.2, 0) is 24.2 Å². The van der Waals surface area contributed by atoms with Gasteiger partial charge < -0.3 is 29.7 Å². The number of carbonyl (C=O) groups is 2. The highest BCUT2D eigenvalue weighted by Crippen LogP contribution is 2.30. The predicted molar refractivity (Wildman–Crippen MR) is 189 cm³/mol. The van der Waals surface area contributed by atoms with Crippen LogP contribution in [0.2, 0.25) is 0 Å². The maximum absolute atomic E-state index is 14.4. The van der Waals surface area contributed by atoms with Gasteiger partial charge in [0.05, 0.1) is 11.3 Å². The molecule has 2 N–H and O–H groups in total. The van der Waals surface area contributed by atoms with Crippen LogP contribution in [0.1, 0.15) is 58.2 Å². The molecule has 1 amide bonds. The monoisotopic (exact) mass is 723 g/mol. The molecule has 16 heteroatoms. The first-order valence-corrected chi connectivity index (χ1v) is 17.6. The Hall–Kier alpha value is -5.27. The van der Waals surface area contributed by atoms with Crippen LogP contribution < -0.4 is 10.6 Å². The smallest absolute Gasteiger partial charge is 0.444 e. The zero-order valence-electron chi connectivity index (χ0n) is 29.4. The fourth-order valence-corrected chi connectivity index (χ4v) is 6.29. The normalized spacial score (nSPS) is 14.1. The number of anilines is 3. The summed E-state index contributed by atoms with van der Waals surface area (Å²) in [5.41, 5.74) is 0.0210. The molecule has 3 aromatic rings. The third-order valence-electron chi connectivity index (χ3n) is 7.05. The number of nitrogens with one attached hydrogen (secondary N) is 2. The molecule has 4 rings (SSSR count). The summed E-state index contributed by atoms with van der Waals surface area (Å²) < 4.78 is 59.2. The van der Waals surface area contributed by atoms with Gasteiger partial charge in [0.1, 0.15) is 34.6 Å². The van der Waals surface area contributed by atoms with Gasteiger partial charge in [-0.2, -0.15) is 9.57 Å². The molecule has 0 radical (unpaired) electrons. The van der Waals surface area contributed by atoms with Gasteiger partial charge >= 0.3 is 12.2 Å². The van der Waals surface area contributed by atoms with E-state index in [-0.39, 0.29) is 67.0 Å². The van der Waals surface area contributed by atoms with Crippen LogP contribution in [0.5, 0.6) is 0 Å². The molecular formula is C35H42FN7O7S. The van der Waals surface area contributed by atoms with Crippen molar-refractivity contribution < 1.29 is 36.6 Å². The molecule has 272 valence electrons. The van der Waals surface area contributed by atoms with Crippen LogP contribution in [0.4, 0.5) is 31.3 Å². The molecule has 0 aliphatic carbocycles. The fraction of sp³-hybridized carbons (Fsp3) is 0.400. The van der Waals surface area contributed by atoms with Crippen molar-refractivity contribution in [1.29, 1.82) is 5.26 Å². The van der Waals surface area contributed by atoms with E-state index < -0.39 is 39.3 Å². The van der Waals surface area contributed by atoms with Crippen LogP contribution in [0, 0.1) is 17.1 Å². The Bertz CT molecular complexity index is 1890. The van der Waals surface area contributed by atoms with Crippen molar-refractivity contribution in [3.63, 3.8) is 0 Å². The number of amides is 1. The number of rotatable bonds is 10. The van der Waals surface area contributed by atoms with Gasteiger partial charge in [-0.05, 0) is 65.8 Å². The van der Waals surface area contributed by atoms with Crippen molar-refractivity contribution in [2.24, 2.45) is 0 Å². The molecule has 1 saturated heterocycles. The first-order valence-electron chi connectivity index (χ1n) is 16.1. The topological polar surface area (TPSA) is 176 Å². The van der Waals surface area contributed by atoms with E-state index in [0.29, 0.717) is 11.3 Å². The van der Waals surface area contributed by atoms with E-state index in [2.05, 4.69) is 20.6 Å². The van der Waals surface area contributed by atoms with Gasteiger partial charge in [0, 0.05) is 61.9 Å². The summed E-state index contributed by atoms with van der Waals surface area (Å²) in [6, 6.07) is 10.9. The molecule has 51 heavy (non-hydrogen) atoms. The lowest BCUT2D eigenvalue weighted by atomic mass is 10.1. The maximum atomic E-state index is 14.4. The zero-order valence-corrected chi connectivity index (χ0v) is 30.2. The van der Waals surface area contributed by atoms with E-state index in [0.717, 1.165) is 0 Å². The number of nitriles is 1. The SMILES string of the molecule is CC(C)(C)OC(=O)OCCNc1cc(Nc2ncc(/C=C/c3cccc(C#N)c3F)cn2)ccc1S(=O)(=O)N1CCN(C(=O)OC(C)(C)C)CC1. The third-order valence-corrected chi connectivity index (χ3v) is 9.00. The number of hydrogen-bond acceptors (Lipinski definition) is 12. The summed E-state index contributed by atoms with van der Waals surface area (Å²) in [6.07, 6.45) is 4.79. The Kier molecular flexibility index (Phi) is 12.2. The Morgan fingerprint density at radius 2 is 1.65 bits per heavy atom. The summed E-state index contributed by atoms with van der Waals surface area (Å²) >= 11 is 0. The Labute approximate surface area is 297 Å². The number of ether oxygens (including phenoxy) is 3. The van der Waals surface area contributed by atoms with Crippen LogP contribution in [0.25, 0.3) is 12.2 Å². The predicted octanol–water partition coefficient (Wildman–Crippen LogP) is 6.01. The van der Waals surface area contributed by atoms with Crippen molar-refractivity contribution in [2.45, 2.75) is 57.6 Å². The standard InChI is InChI=1S/C35H42FN7O7S/c1-34(2,3)49-32(44)42-15-17-43(18-16-42)51(46,47)29-13-12-27(20-28(29)38-14-19-48-33(45)50-35(4,5)6)41-31-39-22-24(23-40-31)10-11-25-8-7-9-26(21-37)30(25)36/h7-13,20,22-23,38H,14-19H2,1-6H3,(H,39,40,41)/b11-10+. The van der Waals surface area contributed by atoms with Gasteiger partial charge in [-0.15, -0.1) is 0 Å². The van der Waals surface area contributed by atoms with Gasteiger partial charge in [-0.25, -0.2) is 32.4 Å². The minimum absolute atomic E-state index is 0.0230. The molecule has 1 aliphatic rings. The highest BCUT2D eigenvalue weighted by Gasteiger charge is 2.33. The average Bonchev–Trinajstić information content (AvgIpc) is 3.05. The number of sulfonamides is 1. The van der Waals surface area contributed by atoms with Crippen LogP contribution in [0.15, 0.2) is 53.7 Å².